The van der Waals surface area contributed by atoms with E-state index < -0.39 is 0 Å². The quantitative estimate of drug-likeness (QED) is 0.897. The van der Waals surface area contributed by atoms with Crippen LogP contribution in [0.3, 0.4) is 0 Å². The van der Waals surface area contributed by atoms with Gasteiger partial charge in [-0.1, -0.05) is 19.9 Å². The summed E-state index contributed by atoms with van der Waals surface area (Å²) >= 11 is 1.49. The summed E-state index contributed by atoms with van der Waals surface area (Å²) in [5.41, 5.74) is 1.32. The standard InChI is InChI=1S/C20H24N2O3S/c1-13(2)15-5-6-16(17(23)12-15)19(24)21-8-10-22(11-9-21)20(25)18-7-4-14(3)26-18/h4-7,12-13,23H,8-11H2,1-3H3. The molecule has 0 atom stereocenters. The number of phenolic OH excluding ortho intramolecular Hbond substituents is 1. The second-order valence-corrected chi connectivity index (χ2v) is 8.21. The molecule has 1 fully saturated rings. The molecule has 2 amide bonds. The molecule has 1 saturated heterocycles. The molecule has 0 aliphatic carbocycles. The van der Waals surface area contributed by atoms with Gasteiger partial charge in [0.25, 0.3) is 11.8 Å². The van der Waals surface area contributed by atoms with Crippen molar-refractivity contribution in [1.29, 1.82) is 0 Å². The number of aromatic hydroxyl groups is 1. The second kappa shape index (κ2) is 7.50. The molecular formula is C20H24N2O3S. The van der Waals surface area contributed by atoms with Crippen LogP contribution in [-0.2, 0) is 0 Å². The van der Waals surface area contributed by atoms with Crippen LogP contribution < -0.4 is 0 Å². The van der Waals surface area contributed by atoms with E-state index in [0.29, 0.717) is 37.7 Å². The van der Waals surface area contributed by atoms with Gasteiger partial charge in [0.2, 0.25) is 0 Å². The topological polar surface area (TPSA) is 60.9 Å². The van der Waals surface area contributed by atoms with Gasteiger partial charge in [-0.2, -0.15) is 0 Å². The molecule has 2 aromatic rings. The van der Waals surface area contributed by atoms with E-state index in [1.165, 1.54) is 11.3 Å². The highest BCUT2D eigenvalue weighted by Crippen LogP contribution is 2.25. The van der Waals surface area contributed by atoms with E-state index in [9.17, 15) is 14.7 Å². The molecule has 1 aromatic carbocycles. The number of phenols is 1. The number of carbonyl (C=O) groups excluding carboxylic acids is 2. The van der Waals surface area contributed by atoms with E-state index in [1.807, 2.05) is 39.0 Å². The summed E-state index contributed by atoms with van der Waals surface area (Å²) in [6.07, 6.45) is 0. The minimum atomic E-state index is -0.183. The van der Waals surface area contributed by atoms with Crippen molar-refractivity contribution in [2.75, 3.05) is 26.2 Å². The highest BCUT2D eigenvalue weighted by Gasteiger charge is 2.27. The lowest BCUT2D eigenvalue weighted by atomic mass is 10.0. The first kappa shape index (κ1) is 18.5. The predicted octanol–water partition coefficient (Wildman–Crippen LogP) is 3.48. The molecule has 0 bridgehead atoms. The summed E-state index contributed by atoms with van der Waals surface area (Å²) < 4.78 is 0. The molecular weight excluding hydrogens is 348 g/mol. The summed E-state index contributed by atoms with van der Waals surface area (Å²) in [5.74, 6) is 0.158. The summed E-state index contributed by atoms with van der Waals surface area (Å²) in [6.45, 7) is 8.03. The fourth-order valence-electron chi connectivity index (χ4n) is 3.08. The third-order valence-corrected chi connectivity index (χ3v) is 5.71. The van der Waals surface area contributed by atoms with Crippen LogP contribution in [0, 0.1) is 6.92 Å². The Morgan fingerprint density at radius 3 is 2.12 bits per heavy atom. The van der Waals surface area contributed by atoms with Gasteiger partial charge in [-0.05, 0) is 42.7 Å². The number of carbonyl (C=O) groups is 2. The molecule has 0 radical (unpaired) electrons. The van der Waals surface area contributed by atoms with Gasteiger partial charge in [-0.15, -0.1) is 11.3 Å². The first-order valence-corrected chi connectivity index (χ1v) is 9.66. The molecule has 1 aromatic heterocycles. The van der Waals surface area contributed by atoms with Crippen molar-refractivity contribution in [2.24, 2.45) is 0 Å². The number of rotatable bonds is 3. The van der Waals surface area contributed by atoms with Crippen LogP contribution in [-0.4, -0.2) is 52.9 Å². The first-order valence-electron chi connectivity index (χ1n) is 8.84. The van der Waals surface area contributed by atoms with E-state index in [1.54, 1.807) is 21.9 Å². The lowest BCUT2D eigenvalue weighted by Crippen LogP contribution is -2.50. The molecule has 0 spiro atoms. The SMILES string of the molecule is Cc1ccc(C(=O)N2CCN(C(=O)c3ccc(C(C)C)cc3O)CC2)s1. The van der Waals surface area contributed by atoms with Crippen molar-refractivity contribution in [3.05, 3.63) is 51.2 Å². The van der Waals surface area contributed by atoms with Gasteiger partial charge in [0.05, 0.1) is 10.4 Å². The van der Waals surface area contributed by atoms with Crippen LogP contribution in [0.25, 0.3) is 0 Å². The molecule has 1 aliphatic heterocycles. The predicted molar refractivity (Wildman–Crippen MR) is 103 cm³/mol. The monoisotopic (exact) mass is 372 g/mol. The fraction of sp³-hybridized carbons (Fsp3) is 0.400. The van der Waals surface area contributed by atoms with E-state index in [2.05, 4.69) is 0 Å². The van der Waals surface area contributed by atoms with E-state index in [-0.39, 0.29) is 17.6 Å². The maximum Gasteiger partial charge on any atom is 0.264 e. The number of thiophene rings is 1. The Morgan fingerprint density at radius 2 is 1.62 bits per heavy atom. The van der Waals surface area contributed by atoms with Gasteiger partial charge in [0.1, 0.15) is 5.75 Å². The molecule has 1 aliphatic rings. The molecule has 26 heavy (non-hydrogen) atoms. The fourth-order valence-corrected chi connectivity index (χ4v) is 3.91. The highest BCUT2D eigenvalue weighted by molar-refractivity contribution is 7.13. The van der Waals surface area contributed by atoms with Crippen molar-refractivity contribution in [2.45, 2.75) is 26.7 Å². The number of hydrogen-bond donors (Lipinski definition) is 1. The van der Waals surface area contributed by atoms with Crippen LogP contribution in [0.15, 0.2) is 30.3 Å². The summed E-state index contributed by atoms with van der Waals surface area (Å²) in [7, 11) is 0. The number of hydrogen-bond acceptors (Lipinski definition) is 4. The average molecular weight is 372 g/mol. The molecule has 138 valence electrons. The van der Waals surface area contributed by atoms with E-state index >= 15 is 0 Å². The maximum atomic E-state index is 12.7. The van der Waals surface area contributed by atoms with E-state index in [0.717, 1.165) is 15.3 Å². The molecule has 5 nitrogen and oxygen atoms in total. The number of nitrogens with zero attached hydrogens (tertiary/aromatic N) is 2. The summed E-state index contributed by atoms with van der Waals surface area (Å²) in [6, 6.07) is 9.04. The van der Waals surface area contributed by atoms with Gasteiger partial charge in [-0.25, -0.2) is 0 Å². The van der Waals surface area contributed by atoms with Crippen LogP contribution in [0.4, 0.5) is 0 Å². The lowest BCUT2D eigenvalue weighted by molar-refractivity contribution is 0.0536. The van der Waals surface area contributed by atoms with Crippen molar-refractivity contribution < 1.29 is 14.7 Å². The first-order chi connectivity index (χ1) is 12.4. The number of piperazine rings is 1. The molecule has 1 N–H and O–H groups in total. The number of benzene rings is 1. The minimum Gasteiger partial charge on any atom is -0.507 e. The van der Waals surface area contributed by atoms with E-state index in [4.69, 9.17) is 0 Å². The molecule has 6 heteroatoms. The van der Waals surface area contributed by atoms with Crippen LogP contribution in [0.1, 0.15) is 50.2 Å². The Kier molecular flexibility index (Phi) is 5.32. The lowest BCUT2D eigenvalue weighted by Gasteiger charge is -2.34. The summed E-state index contributed by atoms with van der Waals surface area (Å²) in [5, 5.41) is 10.2. The Balaban J connectivity index is 1.64. The third-order valence-electron chi connectivity index (χ3n) is 4.72. The van der Waals surface area contributed by atoms with Gasteiger partial charge in [-0.3, -0.25) is 9.59 Å². The average Bonchev–Trinajstić information content (AvgIpc) is 3.07. The van der Waals surface area contributed by atoms with Crippen molar-refractivity contribution in [3.63, 3.8) is 0 Å². The Morgan fingerprint density at radius 1 is 1.00 bits per heavy atom. The maximum absolute atomic E-state index is 12.7. The Bertz CT molecular complexity index is 820. The molecule has 0 saturated carbocycles. The van der Waals surface area contributed by atoms with Crippen LogP contribution in [0.5, 0.6) is 5.75 Å². The van der Waals surface area contributed by atoms with Crippen LogP contribution >= 0.6 is 11.3 Å². The molecule has 0 unspecified atom stereocenters. The molecule has 2 heterocycles. The summed E-state index contributed by atoms with van der Waals surface area (Å²) in [4.78, 5) is 30.6. The smallest absolute Gasteiger partial charge is 0.264 e. The zero-order chi connectivity index (χ0) is 18.8. The van der Waals surface area contributed by atoms with Gasteiger partial charge >= 0.3 is 0 Å². The zero-order valence-electron chi connectivity index (χ0n) is 15.4. The minimum absolute atomic E-state index is 0.0220. The molecule has 3 rings (SSSR count). The van der Waals surface area contributed by atoms with Gasteiger partial charge < -0.3 is 14.9 Å². The zero-order valence-corrected chi connectivity index (χ0v) is 16.2. The largest absolute Gasteiger partial charge is 0.507 e. The van der Waals surface area contributed by atoms with Crippen molar-refractivity contribution in [1.82, 2.24) is 9.80 Å². The second-order valence-electron chi connectivity index (χ2n) is 6.93. The van der Waals surface area contributed by atoms with Crippen molar-refractivity contribution >= 4 is 23.2 Å². The number of amides is 2. The van der Waals surface area contributed by atoms with Gasteiger partial charge in [0.15, 0.2) is 0 Å². The Hall–Kier alpha value is -2.34. The highest BCUT2D eigenvalue weighted by atomic mass is 32.1. The number of aryl methyl sites for hydroxylation is 1. The normalized spacial score (nSPS) is 14.8. The third kappa shape index (κ3) is 3.75. The Labute approximate surface area is 157 Å². The van der Waals surface area contributed by atoms with Crippen molar-refractivity contribution in [3.8, 4) is 5.75 Å². The van der Waals surface area contributed by atoms with Gasteiger partial charge in [0, 0.05) is 31.1 Å². The van der Waals surface area contributed by atoms with Crippen LogP contribution in [0.2, 0.25) is 0 Å².